The summed E-state index contributed by atoms with van der Waals surface area (Å²) in [5.41, 5.74) is 7.52. The largest absolute Gasteiger partial charge is 0.508 e. The smallest absolute Gasteiger partial charge is 0.481 e. The first-order valence-electron chi connectivity index (χ1n) is 10.8. The second-order valence-corrected chi connectivity index (χ2v) is 7.62. The van der Waals surface area contributed by atoms with Gasteiger partial charge in [-0.1, -0.05) is 0 Å². The molecule has 2 aromatic rings. The average molecular weight is 492 g/mol. The highest BCUT2D eigenvalue weighted by atomic mass is 16.7. The number of nitriles is 1. The zero-order valence-corrected chi connectivity index (χ0v) is 18.9. The molecular weight excluding hydrogens is 464 g/mol. The van der Waals surface area contributed by atoms with E-state index in [-0.39, 0.29) is 44.2 Å². The summed E-state index contributed by atoms with van der Waals surface area (Å²) >= 11 is 0. The molecule has 2 saturated heterocycles. The molecule has 2 aromatic heterocycles. The van der Waals surface area contributed by atoms with Crippen LogP contribution in [0.25, 0.3) is 5.52 Å². The zero-order valence-electron chi connectivity index (χ0n) is 18.9. The minimum absolute atomic E-state index is 0.0632. The number of nitrogens with two attached hydrogens (primary N) is 1. The molecule has 2 unspecified atom stereocenters. The summed E-state index contributed by atoms with van der Waals surface area (Å²) in [6.45, 7) is 5.06. The van der Waals surface area contributed by atoms with Gasteiger partial charge in [0.1, 0.15) is 30.7 Å². The Morgan fingerprint density at radius 1 is 1.20 bits per heavy atom. The number of aliphatic carboxylic acids is 2. The fraction of sp³-hybridized carbons (Fsp3) is 0.524. The van der Waals surface area contributed by atoms with E-state index in [2.05, 4.69) is 22.0 Å². The van der Waals surface area contributed by atoms with Gasteiger partial charge in [0, 0.05) is 32.5 Å². The van der Waals surface area contributed by atoms with Crippen molar-refractivity contribution in [3.63, 3.8) is 0 Å². The summed E-state index contributed by atoms with van der Waals surface area (Å²) < 4.78 is 18.0. The van der Waals surface area contributed by atoms with Crippen LogP contribution in [0.15, 0.2) is 18.5 Å². The maximum atomic E-state index is 11.6. The number of hydrogen-bond donors (Lipinski definition) is 4. The molecule has 2 aliphatic heterocycles. The van der Waals surface area contributed by atoms with E-state index in [0.29, 0.717) is 18.9 Å². The van der Waals surface area contributed by atoms with E-state index in [9.17, 15) is 14.4 Å². The average Bonchev–Trinajstić information content (AvgIpc) is 3.44. The normalized spacial score (nSPS) is 18.8. The summed E-state index contributed by atoms with van der Waals surface area (Å²) in [7, 11) is 0. The van der Waals surface area contributed by atoms with Crippen LogP contribution >= 0.6 is 0 Å². The quantitative estimate of drug-likeness (QED) is 0.381. The Morgan fingerprint density at radius 2 is 1.89 bits per heavy atom. The molecule has 2 atom stereocenters. The Balaban J connectivity index is 0.000000335. The predicted molar refractivity (Wildman–Crippen MR) is 119 cm³/mol. The van der Waals surface area contributed by atoms with Crippen LogP contribution in [0.4, 0.5) is 10.6 Å². The topological polar surface area (TPSA) is 211 Å². The third-order valence-electron chi connectivity index (χ3n) is 5.12. The highest BCUT2D eigenvalue weighted by Gasteiger charge is 2.30. The molecule has 4 heterocycles. The maximum absolute atomic E-state index is 11.6. The summed E-state index contributed by atoms with van der Waals surface area (Å²) in [5, 5.41) is 29.8. The molecule has 0 spiro atoms. The Hall–Kier alpha value is -3.96. The minimum Gasteiger partial charge on any atom is -0.481 e. The first-order chi connectivity index (χ1) is 16.8. The molecule has 5 N–H and O–H groups in total. The van der Waals surface area contributed by atoms with Crippen molar-refractivity contribution in [3.8, 4) is 6.57 Å². The van der Waals surface area contributed by atoms with Crippen LogP contribution in [0.2, 0.25) is 0 Å². The number of rotatable bonds is 8. The third-order valence-corrected chi connectivity index (χ3v) is 5.12. The Bertz CT molecular complexity index is 1010. The van der Waals surface area contributed by atoms with Crippen LogP contribution in [0.1, 0.15) is 43.9 Å². The van der Waals surface area contributed by atoms with E-state index < -0.39 is 18.1 Å². The van der Waals surface area contributed by atoms with Gasteiger partial charge in [-0.15, -0.1) is 0 Å². The number of carboxylic acids is 2. The van der Waals surface area contributed by atoms with Gasteiger partial charge in [-0.2, -0.15) is 5.10 Å². The summed E-state index contributed by atoms with van der Waals surface area (Å²) in [6, 6.07) is 3.81. The Labute approximate surface area is 200 Å². The highest BCUT2D eigenvalue weighted by Crippen LogP contribution is 2.33. The van der Waals surface area contributed by atoms with Crippen molar-refractivity contribution in [1.29, 1.82) is 5.26 Å². The first-order valence-corrected chi connectivity index (χ1v) is 10.8. The van der Waals surface area contributed by atoms with E-state index in [1.54, 1.807) is 4.52 Å². The van der Waals surface area contributed by atoms with Gasteiger partial charge in [-0.3, -0.25) is 9.59 Å². The van der Waals surface area contributed by atoms with Crippen LogP contribution in [0.3, 0.4) is 0 Å². The molecule has 14 nitrogen and oxygen atoms in total. The molecule has 2 aliphatic rings. The fourth-order valence-corrected chi connectivity index (χ4v) is 3.33. The number of nitrogens with one attached hydrogen (secondary N) is 1. The van der Waals surface area contributed by atoms with Gasteiger partial charge >= 0.3 is 18.1 Å². The lowest BCUT2D eigenvalue weighted by molar-refractivity contribution is -0.138. The number of carboxylic acid groups (broad SMARTS) is 2. The van der Waals surface area contributed by atoms with Crippen molar-refractivity contribution in [2.45, 2.75) is 50.4 Å². The van der Waals surface area contributed by atoms with E-state index in [4.69, 9.17) is 35.4 Å². The molecule has 0 radical (unpaired) electrons. The van der Waals surface area contributed by atoms with E-state index in [1.165, 1.54) is 6.33 Å². The van der Waals surface area contributed by atoms with Gasteiger partial charge in [0.05, 0.1) is 11.8 Å². The molecule has 2 fully saturated rings. The Kier molecular flexibility index (Phi) is 10.7. The van der Waals surface area contributed by atoms with Crippen molar-refractivity contribution in [1.82, 2.24) is 19.9 Å². The van der Waals surface area contributed by atoms with Crippen molar-refractivity contribution in [2.75, 3.05) is 25.4 Å². The van der Waals surface area contributed by atoms with Crippen LogP contribution in [-0.4, -0.2) is 74.8 Å². The highest BCUT2D eigenvalue weighted by molar-refractivity contribution is 5.70. The van der Waals surface area contributed by atoms with E-state index in [0.717, 1.165) is 24.1 Å². The van der Waals surface area contributed by atoms with Gasteiger partial charge in [-0.05, 0) is 31.4 Å². The number of aromatic nitrogens is 3. The second-order valence-electron chi connectivity index (χ2n) is 7.62. The monoisotopic (exact) mass is 492 g/mol. The number of anilines is 1. The Morgan fingerprint density at radius 3 is 2.49 bits per heavy atom. The molecule has 190 valence electrons. The fourth-order valence-electron chi connectivity index (χ4n) is 3.33. The van der Waals surface area contributed by atoms with Gasteiger partial charge in [0.25, 0.3) is 0 Å². The second kappa shape index (κ2) is 13.7. The lowest BCUT2D eigenvalue weighted by atomic mass is 10.1. The van der Waals surface area contributed by atoms with Gasteiger partial charge < -0.3 is 35.5 Å². The van der Waals surface area contributed by atoms with Gasteiger partial charge in [0.15, 0.2) is 5.82 Å². The number of carbonyl (C=O) groups excluding carboxylic acids is 1. The predicted octanol–water partition coefficient (Wildman–Crippen LogP) is 1.12. The lowest BCUT2D eigenvalue weighted by Crippen LogP contribution is -2.49. The molecule has 35 heavy (non-hydrogen) atoms. The summed E-state index contributed by atoms with van der Waals surface area (Å²) in [6.07, 6.45) is 2.17. The third kappa shape index (κ3) is 8.40. The molecule has 14 heteroatoms. The first kappa shape index (κ1) is 27.3. The van der Waals surface area contributed by atoms with Crippen LogP contribution in [-0.2, 0) is 23.8 Å². The van der Waals surface area contributed by atoms with Crippen molar-refractivity contribution >= 4 is 29.4 Å². The van der Waals surface area contributed by atoms with Gasteiger partial charge in [-0.25, -0.2) is 19.6 Å². The van der Waals surface area contributed by atoms with Crippen LogP contribution in [0, 0.1) is 11.8 Å². The number of carbonyl (C=O) groups is 3. The molecular formula is C21H28N6O8. The van der Waals surface area contributed by atoms with Gasteiger partial charge in [0.2, 0.25) is 0 Å². The number of nitrogen functional groups attached to an aromatic ring is 1. The van der Waals surface area contributed by atoms with Crippen molar-refractivity contribution in [2.24, 2.45) is 0 Å². The molecule has 0 saturated carbocycles. The lowest BCUT2D eigenvalue weighted by Gasteiger charge is -2.26. The van der Waals surface area contributed by atoms with Crippen molar-refractivity contribution < 1.29 is 38.8 Å². The van der Waals surface area contributed by atoms with E-state index >= 15 is 0 Å². The summed E-state index contributed by atoms with van der Waals surface area (Å²) in [4.78, 5) is 35.1. The molecule has 0 bridgehead atoms. The molecule has 4 rings (SSSR count). The number of nitrogens with zero attached hydrogens (tertiary/aromatic N) is 4. The standard InChI is InChI=1S/C15H19N5O4.C5H8O4.CHN/c16-14-12-3-2-11(20(12)19-8-18-14)13-4-1-9(23-13)7-22-15(21)24-10-5-17-6-10;6-4(7)2-1-3-5(8)9;1-2/h2-3,8-10,13,17H,1,4-7H2,(H2,16,18,19);1-3H2,(H,6,7)(H,8,9);1H. The number of ether oxygens (including phenoxy) is 3. The van der Waals surface area contributed by atoms with Crippen molar-refractivity contribution in [3.05, 3.63) is 24.2 Å². The minimum atomic E-state index is -0.948. The maximum Gasteiger partial charge on any atom is 0.508 e. The SMILES string of the molecule is C#N.Nc1ncnn2c(C3CCC(COC(=O)OC4CNC4)O3)ccc12.O=C(O)CCCC(=O)O. The molecule has 0 aromatic carbocycles. The van der Waals surface area contributed by atoms with Crippen LogP contribution < -0.4 is 11.1 Å². The number of hydrogen-bond acceptors (Lipinski definition) is 11. The van der Waals surface area contributed by atoms with Crippen LogP contribution in [0.5, 0.6) is 0 Å². The molecule has 0 amide bonds. The number of fused-ring (bicyclic) bond motifs is 1. The van der Waals surface area contributed by atoms with E-state index in [1.807, 2.05) is 12.1 Å². The summed E-state index contributed by atoms with van der Waals surface area (Å²) in [5.74, 6) is -1.46. The molecule has 0 aliphatic carbocycles. The zero-order chi connectivity index (χ0) is 25.8.